The van der Waals surface area contributed by atoms with E-state index in [-0.39, 0.29) is 5.91 Å². The van der Waals surface area contributed by atoms with Crippen LogP contribution in [0.4, 0.5) is 0 Å². The van der Waals surface area contributed by atoms with Gasteiger partial charge >= 0.3 is 0 Å². The van der Waals surface area contributed by atoms with Crippen molar-refractivity contribution in [3.63, 3.8) is 0 Å². The van der Waals surface area contributed by atoms with Gasteiger partial charge in [-0.1, -0.05) is 12.1 Å². The standard InChI is InChI=1S/C15H22N2OS/c1-19-14-8-3-2-7-13(14)15(18)16-9-6-12-17-10-4-5-11-17/h2-3,7-8H,4-6,9-12H2,1H3,(H,16,18). The molecule has 104 valence electrons. The number of benzene rings is 1. The summed E-state index contributed by atoms with van der Waals surface area (Å²) >= 11 is 1.61. The number of nitrogens with one attached hydrogen (secondary N) is 1. The van der Waals surface area contributed by atoms with Crippen LogP contribution in [0.15, 0.2) is 29.2 Å². The van der Waals surface area contributed by atoms with Crippen molar-refractivity contribution >= 4 is 17.7 Å². The van der Waals surface area contributed by atoms with Crippen molar-refractivity contribution in [1.82, 2.24) is 10.2 Å². The van der Waals surface area contributed by atoms with Crippen LogP contribution >= 0.6 is 11.8 Å². The minimum absolute atomic E-state index is 0.0476. The molecule has 19 heavy (non-hydrogen) atoms. The van der Waals surface area contributed by atoms with Crippen molar-refractivity contribution in [3.8, 4) is 0 Å². The SMILES string of the molecule is CSc1ccccc1C(=O)NCCCN1CCCC1. The summed E-state index contributed by atoms with van der Waals surface area (Å²) in [4.78, 5) is 15.6. The van der Waals surface area contributed by atoms with Gasteiger partial charge in [0.1, 0.15) is 0 Å². The van der Waals surface area contributed by atoms with Crippen molar-refractivity contribution in [1.29, 1.82) is 0 Å². The van der Waals surface area contributed by atoms with Gasteiger partial charge in [-0.2, -0.15) is 0 Å². The molecule has 0 aliphatic carbocycles. The number of carbonyl (C=O) groups is 1. The van der Waals surface area contributed by atoms with Gasteiger partial charge in [0.15, 0.2) is 0 Å². The Kier molecular flexibility index (Phi) is 5.73. The lowest BCUT2D eigenvalue weighted by atomic mass is 10.2. The normalized spacial score (nSPS) is 15.6. The highest BCUT2D eigenvalue weighted by molar-refractivity contribution is 7.98. The zero-order valence-corrected chi connectivity index (χ0v) is 12.3. The molecular weight excluding hydrogens is 256 g/mol. The lowest BCUT2D eigenvalue weighted by molar-refractivity contribution is 0.0949. The van der Waals surface area contributed by atoms with Gasteiger partial charge < -0.3 is 10.2 Å². The van der Waals surface area contributed by atoms with Gasteiger partial charge in [0, 0.05) is 11.4 Å². The molecule has 1 aliphatic rings. The van der Waals surface area contributed by atoms with Gasteiger partial charge in [-0.3, -0.25) is 4.79 Å². The smallest absolute Gasteiger partial charge is 0.252 e. The van der Waals surface area contributed by atoms with Gasteiger partial charge in [-0.25, -0.2) is 0 Å². The van der Waals surface area contributed by atoms with E-state index in [4.69, 9.17) is 0 Å². The third-order valence-corrected chi connectivity index (χ3v) is 4.28. The maximum Gasteiger partial charge on any atom is 0.252 e. The van der Waals surface area contributed by atoms with Crippen LogP contribution in [0, 0.1) is 0 Å². The molecule has 4 heteroatoms. The van der Waals surface area contributed by atoms with Crippen LogP contribution in [0.5, 0.6) is 0 Å². The molecule has 1 aromatic carbocycles. The molecule has 1 saturated heterocycles. The number of likely N-dealkylation sites (tertiary alicyclic amines) is 1. The average molecular weight is 278 g/mol. The number of nitrogens with zero attached hydrogens (tertiary/aromatic N) is 1. The van der Waals surface area contributed by atoms with Crippen LogP contribution in [0.25, 0.3) is 0 Å². The summed E-state index contributed by atoms with van der Waals surface area (Å²) in [6.07, 6.45) is 5.69. The average Bonchev–Trinajstić information content (AvgIpc) is 2.96. The quantitative estimate of drug-likeness (QED) is 0.641. The maximum atomic E-state index is 12.1. The predicted octanol–water partition coefficient (Wildman–Crippen LogP) is 2.62. The monoisotopic (exact) mass is 278 g/mol. The highest BCUT2D eigenvalue weighted by atomic mass is 32.2. The third kappa shape index (κ3) is 4.25. The van der Waals surface area contributed by atoms with E-state index in [1.165, 1.54) is 25.9 Å². The van der Waals surface area contributed by atoms with Gasteiger partial charge in [0.05, 0.1) is 5.56 Å². The van der Waals surface area contributed by atoms with Gasteiger partial charge in [0.2, 0.25) is 0 Å². The lowest BCUT2D eigenvalue weighted by Crippen LogP contribution is -2.28. The fourth-order valence-corrected chi connectivity index (χ4v) is 3.03. The molecular formula is C15H22N2OS. The first-order valence-electron chi connectivity index (χ1n) is 6.95. The molecule has 1 amide bonds. The molecule has 1 aromatic rings. The second-order valence-electron chi connectivity index (χ2n) is 4.86. The molecule has 0 aromatic heterocycles. The first kappa shape index (κ1) is 14.4. The number of hydrogen-bond donors (Lipinski definition) is 1. The Bertz CT molecular complexity index is 416. The Morgan fingerprint density at radius 3 is 2.79 bits per heavy atom. The van der Waals surface area contributed by atoms with Crippen molar-refractivity contribution in [2.24, 2.45) is 0 Å². The first-order chi connectivity index (χ1) is 9.31. The Labute approximate surface area is 119 Å². The Balaban J connectivity index is 1.74. The van der Waals surface area contributed by atoms with Crippen LogP contribution in [-0.4, -0.2) is 43.2 Å². The summed E-state index contributed by atoms with van der Waals surface area (Å²) in [5, 5.41) is 3.02. The number of hydrogen-bond acceptors (Lipinski definition) is 3. The molecule has 0 unspecified atom stereocenters. The van der Waals surface area contributed by atoms with E-state index in [0.717, 1.165) is 30.0 Å². The van der Waals surface area contributed by atoms with Crippen LogP contribution in [-0.2, 0) is 0 Å². The number of amides is 1. The summed E-state index contributed by atoms with van der Waals surface area (Å²) in [5.41, 5.74) is 0.788. The summed E-state index contributed by atoms with van der Waals surface area (Å²) in [6, 6.07) is 7.76. The van der Waals surface area contributed by atoms with Crippen molar-refractivity contribution < 1.29 is 4.79 Å². The number of rotatable bonds is 6. The van der Waals surface area contributed by atoms with E-state index in [1.807, 2.05) is 30.5 Å². The lowest BCUT2D eigenvalue weighted by Gasteiger charge is -2.14. The molecule has 2 rings (SSSR count). The first-order valence-corrected chi connectivity index (χ1v) is 8.17. The van der Waals surface area contributed by atoms with Gasteiger partial charge in [-0.15, -0.1) is 11.8 Å². The molecule has 0 spiro atoms. The molecule has 3 nitrogen and oxygen atoms in total. The van der Waals surface area contributed by atoms with Gasteiger partial charge in [-0.05, 0) is 57.3 Å². The van der Waals surface area contributed by atoms with E-state index < -0.39 is 0 Å². The molecule has 0 saturated carbocycles. The van der Waals surface area contributed by atoms with E-state index >= 15 is 0 Å². The number of carbonyl (C=O) groups excluding carboxylic acids is 1. The van der Waals surface area contributed by atoms with Crippen LogP contribution in [0.2, 0.25) is 0 Å². The zero-order valence-electron chi connectivity index (χ0n) is 11.5. The fourth-order valence-electron chi connectivity index (χ4n) is 2.44. The molecule has 1 N–H and O–H groups in total. The minimum Gasteiger partial charge on any atom is -0.352 e. The summed E-state index contributed by atoms with van der Waals surface area (Å²) in [6.45, 7) is 4.31. The highest BCUT2D eigenvalue weighted by Crippen LogP contribution is 2.19. The van der Waals surface area contributed by atoms with Crippen molar-refractivity contribution in [2.75, 3.05) is 32.4 Å². The largest absolute Gasteiger partial charge is 0.352 e. The molecule has 1 aliphatic heterocycles. The van der Waals surface area contributed by atoms with E-state index in [2.05, 4.69) is 10.2 Å². The summed E-state index contributed by atoms with van der Waals surface area (Å²) < 4.78 is 0. The van der Waals surface area contributed by atoms with Crippen LogP contribution < -0.4 is 5.32 Å². The summed E-state index contributed by atoms with van der Waals surface area (Å²) in [5.74, 6) is 0.0476. The highest BCUT2D eigenvalue weighted by Gasteiger charge is 2.12. The molecule has 1 heterocycles. The van der Waals surface area contributed by atoms with Crippen LogP contribution in [0.1, 0.15) is 29.6 Å². The molecule has 0 radical (unpaired) electrons. The Morgan fingerprint density at radius 2 is 2.05 bits per heavy atom. The summed E-state index contributed by atoms with van der Waals surface area (Å²) in [7, 11) is 0. The van der Waals surface area contributed by atoms with Gasteiger partial charge in [0.25, 0.3) is 5.91 Å². The molecule has 1 fully saturated rings. The molecule has 0 bridgehead atoms. The second kappa shape index (κ2) is 7.56. The van der Waals surface area contributed by atoms with E-state index in [9.17, 15) is 4.79 Å². The van der Waals surface area contributed by atoms with E-state index in [0.29, 0.717) is 0 Å². The predicted molar refractivity (Wildman–Crippen MR) is 80.8 cm³/mol. The Hall–Kier alpha value is -1.00. The second-order valence-corrected chi connectivity index (χ2v) is 5.71. The fraction of sp³-hybridized carbons (Fsp3) is 0.533. The van der Waals surface area contributed by atoms with Crippen molar-refractivity contribution in [2.45, 2.75) is 24.2 Å². The topological polar surface area (TPSA) is 32.3 Å². The third-order valence-electron chi connectivity index (χ3n) is 3.49. The molecule has 0 atom stereocenters. The van der Waals surface area contributed by atoms with Crippen molar-refractivity contribution in [3.05, 3.63) is 29.8 Å². The van der Waals surface area contributed by atoms with Crippen LogP contribution in [0.3, 0.4) is 0 Å². The van der Waals surface area contributed by atoms with E-state index in [1.54, 1.807) is 11.8 Å². The zero-order chi connectivity index (χ0) is 13.5. The minimum atomic E-state index is 0.0476. The Morgan fingerprint density at radius 1 is 1.32 bits per heavy atom. The maximum absolute atomic E-state index is 12.1. The number of thioether (sulfide) groups is 1.